The zero-order valence-corrected chi connectivity index (χ0v) is 18.6. The summed E-state index contributed by atoms with van der Waals surface area (Å²) in [6, 6.07) is 16.2. The molecular formula is C25H25F2N3O3. The van der Waals surface area contributed by atoms with Gasteiger partial charge in [0.2, 0.25) is 5.91 Å². The van der Waals surface area contributed by atoms with Gasteiger partial charge in [0.1, 0.15) is 17.4 Å². The van der Waals surface area contributed by atoms with Gasteiger partial charge in [0.25, 0.3) is 5.91 Å². The number of para-hydroxylation sites is 2. The molecule has 8 heteroatoms. The van der Waals surface area contributed by atoms with Crippen molar-refractivity contribution in [1.82, 2.24) is 4.90 Å². The summed E-state index contributed by atoms with van der Waals surface area (Å²) in [5.74, 6) is -1.16. The number of hydrogen-bond acceptors (Lipinski definition) is 4. The van der Waals surface area contributed by atoms with E-state index in [1.54, 1.807) is 67.4 Å². The molecule has 3 aromatic rings. The molecule has 0 fully saturated rings. The Morgan fingerprint density at radius 1 is 1.00 bits per heavy atom. The molecule has 6 nitrogen and oxygen atoms in total. The third kappa shape index (κ3) is 6.14. The molecule has 33 heavy (non-hydrogen) atoms. The molecule has 0 aliphatic carbocycles. The van der Waals surface area contributed by atoms with Crippen LogP contribution in [0.2, 0.25) is 0 Å². The highest BCUT2D eigenvalue weighted by molar-refractivity contribution is 6.05. The molecule has 1 atom stereocenters. The van der Waals surface area contributed by atoms with Crippen LogP contribution in [0.5, 0.6) is 5.75 Å². The van der Waals surface area contributed by atoms with E-state index in [2.05, 4.69) is 10.6 Å². The van der Waals surface area contributed by atoms with Crippen LogP contribution in [0, 0.1) is 11.6 Å². The van der Waals surface area contributed by atoms with E-state index in [0.29, 0.717) is 22.7 Å². The summed E-state index contributed by atoms with van der Waals surface area (Å²) in [6.07, 6.45) is 0. The van der Waals surface area contributed by atoms with Gasteiger partial charge in [0.15, 0.2) is 0 Å². The molecule has 0 bridgehead atoms. The molecular weight excluding hydrogens is 428 g/mol. The minimum Gasteiger partial charge on any atom is -0.495 e. The second kappa shape index (κ2) is 10.7. The number of methoxy groups -OCH3 is 1. The highest BCUT2D eigenvalue weighted by Gasteiger charge is 2.19. The normalized spacial score (nSPS) is 11.7. The summed E-state index contributed by atoms with van der Waals surface area (Å²) in [7, 11) is 3.18. The highest BCUT2D eigenvalue weighted by atomic mass is 19.1. The summed E-state index contributed by atoms with van der Waals surface area (Å²) in [6.45, 7) is 1.66. The highest BCUT2D eigenvalue weighted by Crippen LogP contribution is 2.24. The van der Waals surface area contributed by atoms with E-state index in [1.165, 1.54) is 7.11 Å². The van der Waals surface area contributed by atoms with E-state index >= 15 is 0 Å². The summed E-state index contributed by atoms with van der Waals surface area (Å²) in [4.78, 5) is 26.5. The lowest BCUT2D eigenvalue weighted by Crippen LogP contribution is -2.32. The molecule has 0 saturated heterocycles. The number of rotatable bonds is 8. The van der Waals surface area contributed by atoms with Crippen molar-refractivity contribution in [2.45, 2.75) is 13.0 Å². The Hall–Kier alpha value is -3.78. The molecule has 0 radical (unpaired) electrons. The van der Waals surface area contributed by atoms with Gasteiger partial charge >= 0.3 is 0 Å². The van der Waals surface area contributed by atoms with E-state index in [4.69, 9.17) is 4.74 Å². The van der Waals surface area contributed by atoms with Crippen LogP contribution in [0.1, 0.15) is 28.9 Å². The molecule has 0 saturated carbocycles. The van der Waals surface area contributed by atoms with Gasteiger partial charge in [0.05, 0.1) is 19.3 Å². The average Bonchev–Trinajstić information content (AvgIpc) is 2.80. The van der Waals surface area contributed by atoms with Gasteiger partial charge in [0, 0.05) is 22.9 Å². The maximum atomic E-state index is 14.0. The summed E-state index contributed by atoms with van der Waals surface area (Å²) in [5.41, 5.74) is 1.64. The molecule has 2 N–H and O–H groups in total. The fraction of sp³-hybridized carbons (Fsp3) is 0.200. The Morgan fingerprint density at radius 3 is 2.39 bits per heavy atom. The van der Waals surface area contributed by atoms with Gasteiger partial charge in [-0.25, -0.2) is 8.78 Å². The minimum absolute atomic E-state index is 0.0346. The number of nitrogens with one attached hydrogen (secondary N) is 2. The second-order valence-electron chi connectivity index (χ2n) is 7.54. The maximum absolute atomic E-state index is 14.0. The van der Waals surface area contributed by atoms with Crippen molar-refractivity contribution < 1.29 is 23.1 Å². The SMILES string of the molecule is COc1ccccc1NC(=O)c1ccc(NC(=O)CN(C)C(C)c2cc(F)ccc2F)cc1. The van der Waals surface area contributed by atoms with Gasteiger partial charge in [-0.3, -0.25) is 14.5 Å². The van der Waals surface area contributed by atoms with Gasteiger partial charge in [-0.1, -0.05) is 12.1 Å². The van der Waals surface area contributed by atoms with Gasteiger partial charge in [-0.2, -0.15) is 0 Å². The van der Waals surface area contributed by atoms with Crippen LogP contribution in [0.15, 0.2) is 66.7 Å². The largest absolute Gasteiger partial charge is 0.495 e. The van der Waals surface area contributed by atoms with E-state index in [-0.39, 0.29) is 23.9 Å². The van der Waals surface area contributed by atoms with Crippen LogP contribution < -0.4 is 15.4 Å². The fourth-order valence-corrected chi connectivity index (χ4v) is 3.28. The second-order valence-corrected chi connectivity index (χ2v) is 7.54. The molecule has 3 aromatic carbocycles. The summed E-state index contributed by atoms with van der Waals surface area (Å²) < 4.78 is 32.7. The van der Waals surface area contributed by atoms with Crippen LogP contribution >= 0.6 is 0 Å². The fourth-order valence-electron chi connectivity index (χ4n) is 3.28. The lowest BCUT2D eigenvalue weighted by molar-refractivity contribution is -0.117. The number of benzene rings is 3. The Labute approximate surface area is 191 Å². The molecule has 0 aromatic heterocycles. The van der Waals surface area contributed by atoms with Gasteiger partial charge < -0.3 is 15.4 Å². The number of halogens is 2. The number of carbonyl (C=O) groups is 2. The van der Waals surface area contributed by atoms with Crippen LogP contribution in [-0.4, -0.2) is 37.4 Å². The number of amides is 2. The zero-order chi connectivity index (χ0) is 24.0. The van der Waals surface area contributed by atoms with Gasteiger partial charge in [-0.15, -0.1) is 0 Å². The zero-order valence-electron chi connectivity index (χ0n) is 18.6. The first-order valence-corrected chi connectivity index (χ1v) is 10.3. The van der Waals surface area contributed by atoms with Crippen LogP contribution in [-0.2, 0) is 4.79 Å². The van der Waals surface area contributed by atoms with Crippen molar-refractivity contribution in [3.05, 3.63) is 89.5 Å². The molecule has 2 amide bonds. The van der Waals surface area contributed by atoms with Crippen molar-refractivity contribution >= 4 is 23.2 Å². The van der Waals surface area contributed by atoms with Gasteiger partial charge in [-0.05, 0) is 68.6 Å². The van der Waals surface area contributed by atoms with Crippen molar-refractivity contribution in [3.8, 4) is 5.75 Å². The lowest BCUT2D eigenvalue weighted by atomic mass is 10.1. The van der Waals surface area contributed by atoms with Crippen molar-refractivity contribution in [2.24, 2.45) is 0 Å². The first-order chi connectivity index (χ1) is 15.8. The van der Waals surface area contributed by atoms with E-state index in [0.717, 1.165) is 18.2 Å². The molecule has 172 valence electrons. The smallest absolute Gasteiger partial charge is 0.255 e. The lowest BCUT2D eigenvalue weighted by Gasteiger charge is -2.25. The quantitative estimate of drug-likeness (QED) is 0.511. The number of anilines is 2. The Bertz CT molecular complexity index is 1140. The molecule has 0 spiro atoms. The van der Waals surface area contributed by atoms with E-state index in [1.807, 2.05) is 0 Å². The third-order valence-electron chi connectivity index (χ3n) is 5.25. The first kappa shape index (κ1) is 23.9. The first-order valence-electron chi connectivity index (χ1n) is 10.3. The average molecular weight is 453 g/mol. The third-order valence-corrected chi connectivity index (χ3v) is 5.25. The minimum atomic E-state index is -0.536. The summed E-state index contributed by atoms with van der Waals surface area (Å²) in [5, 5.41) is 5.52. The van der Waals surface area contributed by atoms with Crippen LogP contribution in [0.25, 0.3) is 0 Å². The standard InChI is InChI=1S/C25H25F2N3O3/c1-16(20-14-18(26)10-13-21(20)27)30(2)15-24(31)28-19-11-8-17(9-12-19)25(32)29-22-6-4-5-7-23(22)33-3/h4-14,16H,15H2,1-3H3,(H,28,31)(H,29,32). The Morgan fingerprint density at radius 2 is 1.70 bits per heavy atom. The molecule has 3 rings (SSSR count). The number of nitrogens with zero attached hydrogens (tertiary/aromatic N) is 1. The predicted molar refractivity (Wildman–Crippen MR) is 123 cm³/mol. The number of hydrogen-bond donors (Lipinski definition) is 2. The number of carbonyl (C=O) groups excluding carboxylic acids is 2. The molecule has 0 aliphatic heterocycles. The van der Waals surface area contributed by atoms with E-state index < -0.39 is 17.7 Å². The Balaban J connectivity index is 1.58. The monoisotopic (exact) mass is 453 g/mol. The van der Waals surface area contributed by atoms with Crippen molar-refractivity contribution in [1.29, 1.82) is 0 Å². The van der Waals surface area contributed by atoms with Crippen molar-refractivity contribution in [3.63, 3.8) is 0 Å². The van der Waals surface area contributed by atoms with Crippen LogP contribution in [0.4, 0.5) is 20.2 Å². The predicted octanol–water partition coefficient (Wildman–Crippen LogP) is 4.86. The Kier molecular flexibility index (Phi) is 7.74. The molecule has 0 aliphatic rings. The summed E-state index contributed by atoms with van der Waals surface area (Å²) >= 11 is 0. The number of likely N-dealkylation sites (N-methyl/N-ethyl adjacent to an activating group) is 1. The van der Waals surface area contributed by atoms with E-state index in [9.17, 15) is 18.4 Å². The molecule has 1 unspecified atom stereocenters. The van der Waals surface area contributed by atoms with Crippen molar-refractivity contribution in [2.75, 3.05) is 31.3 Å². The molecule has 0 heterocycles. The van der Waals surface area contributed by atoms with Crippen LogP contribution in [0.3, 0.4) is 0 Å². The topological polar surface area (TPSA) is 70.7 Å². The number of ether oxygens (including phenoxy) is 1. The maximum Gasteiger partial charge on any atom is 0.255 e.